The van der Waals surface area contributed by atoms with Crippen LogP contribution in [0.2, 0.25) is 5.02 Å². The van der Waals surface area contributed by atoms with Crippen LogP contribution in [0, 0.1) is 18.3 Å². The lowest BCUT2D eigenvalue weighted by Crippen LogP contribution is -2.02. The molecule has 2 aromatic carbocycles. The molecule has 0 spiro atoms. The van der Waals surface area contributed by atoms with E-state index in [0.29, 0.717) is 46.1 Å². The van der Waals surface area contributed by atoms with E-state index in [0.717, 1.165) is 11.1 Å². The zero-order chi connectivity index (χ0) is 19.9. The third-order valence-electron chi connectivity index (χ3n) is 4.15. The van der Waals surface area contributed by atoms with Crippen molar-refractivity contribution in [3.8, 4) is 17.6 Å². The van der Waals surface area contributed by atoms with Crippen LogP contribution in [0.15, 0.2) is 54.9 Å². The first-order valence-electron chi connectivity index (χ1n) is 8.53. The standard InChI is InChI=1S/C22H17ClN2O3/c1-15-4-2-3-5-18(15)14-28-22-8-21(19(12-26)7-20(22)23)27-13-17-6-16(9-24)10-25-11-17/h2-8,10-12H,13-14H2,1H3. The van der Waals surface area contributed by atoms with Crippen LogP contribution in [0.4, 0.5) is 0 Å². The van der Waals surface area contributed by atoms with Gasteiger partial charge in [0, 0.05) is 24.0 Å². The molecule has 28 heavy (non-hydrogen) atoms. The van der Waals surface area contributed by atoms with Gasteiger partial charge in [-0.15, -0.1) is 0 Å². The number of aromatic nitrogens is 1. The lowest BCUT2D eigenvalue weighted by molar-refractivity contribution is 0.111. The predicted octanol–water partition coefficient (Wildman–Crippen LogP) is 4.89. The van der Waals surface area contributed by atoms with Gasteiger partial charge < -0.3 is 9.47 Å². The maximum absolute atomic E-state index is 11.4. The van der Waals surface area contributed by atoms with Gasteiger partial charge in [-0.3, -0.25) is 9.78 Å². The molecule has 0 bridgehead atoms. The Bertz CT molecular complexity index is 1040. The number of nitriles is 1. The van der Waals surface area contributed by atoms with Crippen LogP contribution in [0.25, 0.3) is 0 Å². The van der Waals surface area contributed by atoms with Gasteiger partial charge >= 0.3 is 0 Å². The molecular formula is C22H17ClN2O3. The molecule has 0 radical (unpaired) electrons. The minimum atomic E-state index is 0.155. The first-order valence-corrected chi connectivity index (χ1v) is 8.91. The Labute approximate surface area is 168 Å². The van der Waals surface area contributed by atoms with Gasteiger partial charge in [-0.05, 0) is 30.2 Å². The third-order valence-corrected chi connectivity index (χ3v) is 4.45. The number of halogens is 1. The van der Waals surface area contributed by atoms with Crippen LogP contribution in [0.5, 0.6) is 11.5 Å². The predicted molar refractivity (Wildman–Crippen MR) is 106 cm³/mol. The summed E-state index contributed by atoms with van der Waals surface area (Å²) in [5, 5.41) is 9.29. The highest BCUT2D eigenvalue weighted by atomic mass is 35.5. The molecule has 6 heteroatoms. The minimum absolute atomic E-state index is 0.155. The number of hydrogen-bond acceptors (Lipinski definition) is 5. The number of nitrogens with zero attached hydrogens (tertiary/aromatic N) is 2. The van der Waals surface area contributed by atoms with E-state index < -0.39 is 0 Å². The molecule has 0 aliphatic rings. The highest BCUT2D eigenvalue weighted by Gasteiger charge is 2.12. The number of pyridine rings is 1. The maximum atomic E-state index is 11.4. The molecular weight excluding hydrogens is 376 g/mol. The largest absolute Gasteiger partial charge is 0.488 e. The van der Waals surface area contributed by atoms with E-state index in [1.165, 1.54) is 12.3 Å². The quantitative estimate of drug-likeness (QED) is 0.535. The van der Waals surface area contributed by atoms with E-state index in [1.807, 2.05) is 37.3 Å². The van der Waals surface area contributed by atoms with Gasteiger partial charge in [0.15, 0.2) is 6.29 Å². The van der Waals surface area contributed by atoms with E-state index >= 15 is 0 Å². The van der Waals surface area contributed by atoms with Crippen molar-refractivity contribution in [2.75, 3.05) is 0 Å². The van der Waals surface area contributed by atoms with Gasteiger partial charge in [0.2, 0.25) is 0 Å². The van der Waals surface area contributed by atoms with Crippen molar-refractivity contribution < 1.29 is 14.3 Å². The molecule has 0 N–H and O–H groups in total. The summed E-state index contributed by atoms with van der Waals surface area (Å²) < 4.78 is 11.6. The number of rotatable bonds is 7. The van der Waals surface area contributed by atoms with Crippen molar-refractivity contribution in [3.05, 3.63) is 87.7 Å². The monoisotopic (exact) mass is 392 g/mol. The summed E-state index contributed by atoms with van der Waals surface area (Å²) in [4.78, 5) is 15.4. The fourth-order valence-electron chi connectivity index (χ4n) is 2.59. The lowest BCUT2D eigenvalue weighted by Gasteiger charge is -2.14. The molecule has 3 aromatic rings. The number of hydrogen-bond donors (Lipinski definition) is 0. The maximum Gasteiger partial charge on any atom is 0.153 e. The summed E-state index contributed by atoms with van der Waals surface area (Å²) in [5.41, 5.74) is 3.63. The van der Waals surface area contributed by atoms with Crippen molar-refractivity contribution in [1.29, 1.82) is 5.26 Å². The van der Waals surface area contributed by atoms with Crippen molar-refractivity contribution in [1.82, 2.24) is 4.98 Å². The van der Waals surface area contributed by atoms with Gasteiger partial charge in [0.25, 0.3) is 0 Å². The van der Waals surface area contributed by atoms with Gasteiger partial charge in [-0.2, -0.15) is 5.26 Å². The number of aldehydes is 1. The number of carbonyl (C=O) groups is 1. The minimum Gasteiger partial charge on any atom is -0.488 e. The van der Waals surface area contributed by atoms with E-state index in [4.69, 9.17) is 26.3 Å². The molecule has 0 aliphatic heterocycles. The van der Waals surface area contributed by atoms with Crippen LogP contribution < -0.4 is 9.47 Å². The second-order valence-electron chi connectivity index (χ2n) is 6.14. The van der Waals surface area contributed by atoms with E-state index in [-0.39, 0.29) is 6.61 Å². The lowest BCUT2D eigenvalue weighted by atomic mass is 10.1. The molecule has 140 valence electrons. The normalized spacial score (nSPS) is 10.2. The molecule has 0 aliphatic carbocycles. The summed E-state index contributed by atoms with van der Waals surface area (Å²) in [5.74, 6) is 0.774. The smallest absolute Gasteiger partial charge is 0.153 e. The Kier molecular flexibility index (Phi) is 6.25. The molecule has 0 atom stereocenters. The molecule has 0 saturated carbocycles. The third kappa shape index (κ3) is 4.67. The molecule has 5 nitrogen and oxygen atoms in total. The zero-order valence-electron chi connectivity index (χ0n) is 15.2. The Morgan fingerprint density at radius 2 is 1.89 bits per heavy atom. The van der Waals surface area contributed by atoms with Crippen molar-refractivity contribution in [2.45, 2.75) is 20.1 Å². The summed E-state index contributed by atoms with van der Waals surface area (Å²) >= 11 is 6.26. The highest BCUT2D eigenvalue weighted by Crippen LogP contribution is 2.33. The van der Waals surface area contributed by atoms with Gasteiger partial charge in [-0.25, -0.2) is 0 Å². The molecule has 0 saturated heterocycles. The second-order valence-corrected chi connectivity index (χ2v) is 6.54. The summed E-state index contributed by atoms with van der Waals surface area (Å²) in [7, 11) is 0. The average Bonchev–Trinajstić information content (AvgIpc) is 2.72. The van der Waals surface area contributed by atoms with Crippen LogP contribution in [-0.2, 0) is 13.2 Å². The summed E-state index contributed by atoms with van der Waals surface area (Å²) in [6.45, 7) is 2.51. The van der Waals surface area contributed by atoms with Crippen molar-refractivity contribution in [3.63, 3.8) is 0 Å². The first kappa shape index (κ1) is 19.4. The topological polar surface area (TPSA) is 72.2 Å². The fourth-order valence-corrected chi connectivity index (χ4v) is 2.82. The summed E-state index contributed by atoms with van der Waals surface area (Å²) in [6.07, 6.45) is 3.75. The van der Waals surface area contributed by atoms with E-state index in [1.54, 1.807) is 18.3 Å². The average molecular weight is 393 g/mol. The Balaban J connectivity index is 1.78. The Hall–Kier alpha value is -3.36. The van der Waals surface area contributed by atoms with Crippen molar-refractivity contribution in [2.24, 2.45) is 0 Å². The summed E-state index contributed by atoms with van der Waals surface area (Å²) in [6, 6.07) is 14.7. The molecule has 3 rings (SSSR count). The second kappa shape index (κ2) is 9.03. The van der Waals surface area contributed by atoms with Crippen LogP contribution >= 0.6 is 11.6 Å². The van der Waals surface area contributed by atoms with Crippen LogP contribution in [0.1, 0.15) is 32.6 Å². The SMILES string of the molecule is Cc1ccccc1COc1cc(OCc2cncc(C#N)c2)c(C=O)cc1Cl. The van der Waals surface area contributed by atoms with Gasteiger partial charge in [0.05, 0.1) is 16.1 Å². The number of aryl methyl sites for hydroxylation is 1. The van der Waals surface area contributed by atoms with Crippen LogP contribution in [0.3, 0.4) is 0 Å². The number of carbonyl (C=O) groups excluding carboxylic acids is 1. The Morgan fingerprint density at radius 1 is 1.11 bits per heavy atom. The molecule has 0 fully saturated rings. The fraction of sp³-hybridized carbons (Fsp3) is 0.136. The zero-order valence-corrected chi connectivity index (χ0v) is 15.9. The molecule has 1 aromatic heterocycles. The first-order chi connectivity index (χ1) is 13.6. The van der Waals surface area contributed by atoms with E-state index in [9.17, 15) is 4.79 Å². The van der Waals surface area contributed by atoms with Crippen molar-refractivity contribution >= 4 is 17.9 Å². The Morgan fingerprint density at radius 3 is 2.64 bits per heavy atom. The molecule has 0 amide bonds. The number of ether oxygens (including phenoxy) is 2. The van der Waals surface area contributed by atoms with Gasteiger partial charge in [0.1, 0.15) is 30.8 Å². The van der Waals surface area contributed by atoms with Gasteiger partial charge in [-0.1, -0.05) is 35.9 Å². The molecule has 0 unspecified atom stereocenters. The van der Waals surface area contributed by atoms with E-state index in [2.05, 4.69) is 4.98 Å². The number of benzene rings is 2. The van der Waals surface area contributed by atoms with Crippen LogP contribution in [-0.4, -0.2) is 11.3 Å². The highest BCUT2D eigenvalue weighted by molar-refractivity contribution is 6.32. The molecule has 1 heterocycles.